The second kappa shape index (κ2) is 23.7. The Morgan fingerprint density at radius 3 is 1.60 bits per heavy atom. The maximum Gasteiger partial charge on any atom is 1.00 e. The minimum absolute atomic E-state index is 0. The Morgan fingerprint density at radius 1 is 1.60 bits per heavy atom. The first-order valence-electron chi connectivity index (χ1n) is 0.724. The molecule has 3 heteroatoms. The van der Waals surface area contributed by atoms with Crippen LogP contribution in [0.5, 0.6) is 0 Å². The van der Waals surface area contributed by atoms with Crippen molar-refractivity contribution in [3.63, 3.8) is 0 Å². The van der Waals surface area contributed by atoms with Gasteiger partial charge in [0, 0.05) is 6.92 Å². The van der Waals surface area contributed by atoms with Crippen LogP contribution in [0.15, 0.2) is 0 Å². The van der Waals surface area contributed by atoms with Crippen molar-refractivity contribution in [3.8, 4) is 6.07 Å². The third-order valence-electron chi connectivity index (χ3n) is 0. The molecule has 24 valence electrons. The molecule has 0 aromatic carbocycles. The van der Waals surface area contributed by atoms with Crippen LogP contribution in [0, 0.1) is 11.3 Å². The number of hydrogen-bond acceptors (Lipinski definition) is 1. The average molecular weight is 128 g/mol. The summed E-state index contributed by atoms with van der Waals surface area (Å²) in [4.78, 5) is 0. The van der Waals surface area contributed by atoms with Crippen LogP contribution < -0.4 is 35.8 Å². The first-order valence-corrected chi connectivity index (χ1v) is 0.724. The van der Waals surface area contributed by atoms with E-state index in [9.17, 15) is 0 Å². The number of nitriles is 1. The first kappa shape index (κ1) is 17.6. The minimum Gasteiger partial charge on any atom is -1.00 e. The maximum atomic E-state index is 7.32. The minimum atomic E-state index is 0. The Hall–Kier alpha value is 0.567. The van der Waals surface area contributed by atoms with E-state index in [2.05, 4.69) is 0 Å². The molecule has 0 atom stereocenters. The zero-order valence-corrected chi connectivity index (χ0v) is 4.91. The van der Waals surface area contributed by atoms with Crippen LogP contribution in [-0.2, 0) is 0 Å². The van der Waals surface area contributed by atoms with E-state index in [1.807, 2.05) is 0 Å². The van der Waals surface area contributed by atoms with Gasteiger partial charge in [-0.3, -0.25) is 0 Å². The molecule has 0 aliphatic heterocycles. The molecule has 0 aliphatic carbocycles. The van der Waals surface area contributed by atoms with Crippen molar-refractivity contribution in [2.75, 3.05) is 0 Å². The molecule has 0 aromatic heterocycles. The molecule has 5 heavy (non-hydrogen) atoms. The predicted molar refractivity (Wildman–Crippen MR) is 11.3 cm³/mol. The van der Waals surface area contributed by atoms with Gasteiger partial charge in [-0.05, 0) is 0 Å². The second-order valence-electron chi connectivity index (χ2n) is 0.224. The van der Waals surface area contributed by atoms with Crippen LogP contribution in [0.25, 0.3) is 0 Å². The summed E-state index contributed by atoms with van der Waals surface area (Å²) in [7, 11) is 0. The van der Waals surface area contributed by atoms with Crippen molar-refractivity contribution in [1.82, 2.24) is 0 Å². The Morgan fingerprint density at radius 2 is 1.60 bits per heavy atom. The third-order valence-corrected chi connectivity index (χ3v) is 0. The SMILES string of the molecule is CC#N.[Br-].[Li+]. The van der Waals surface area contributed by atoms with Crippen molar-refractivity contribution in [2.45, 2.75) is 6.92 Å². The summed E-state index contributed by atoms with van der Waals surface area (Å²) in [6.45, 7) is 1.43. The largest absolute Gasteiger partial charge is 1.00 e. The summed E-state index contributed by atoms with van der Waals surface area (Å²) in [5.41, 5.74) is 0. The smallest absolute Gasteiger partial charge is 1.00 e. The molecule has 0 aliphatic rings. The van der Waals surface area contributed by atoms with Crippen LogP contribution in [0.3, 0.4) is 0 Å². The molecule has 0 fully saturated rings. The summed E-state index contributed by atoms with van der Waals surface area (Å²) >= 11 is 0. The standard InChI is InChI=1S/C2H3N.BrH.Li/c1-2-3;;/h1H3;1H;/q;;+1/p-1. The fourth-order valence-corrected chi connectivity index (χ4v) is 0. The molecular weight excluding hydrogens is 125 g/mol. The summed E-state index contributed by atoms with van der Waals surface area (Å²) < 4.78 is 0. The van der Waals surface area contributed by atoms with Gasteiger partial charge in [0.2, 0.25) is 0 Å². The van der Waals surface area contributed by atoms with Crippen LogP contribution in [0.2, 0.25) is 0 Å². The molecule has 0 spiro atoms. The molecular formula is C2H3BrLiN. The average Bonchev–Trinajstić information content (AvgIpc) is 0.918. The number of nitrogens with zero attached hydrogens (tertiary/aromatic N) is 1. The van der Waals surface area contributed by atoms with Crippen molar-refractivity contribution >= 4 is 0 Å². The van der Waals surface area contributed by atoms with E-state index in [0.29, 0.717) is 0 Å². The van der Waals surface area contributed by atoms with Gasteiger partial charge in [-0.2, -0.15) is 5.26 Å². The molecule has 0 amide bonds. The van der Waals surface area contributed by atoms with E-state index in [1.54, 1.807) is 6.07 Å². The van der Waals surface area contributed by atoms with Crippen LogP contribution in [0.1, 0.15) is 6.92 Å². The Bertz CT molecular complexity index is 31.1. The van der Waals surface area contributed by atoms with Gasteiger partial charge in [0.15, 0.2) is 0 Å². The quantitative estimate of drug-likeness (QED) is 0.298. The molecule has 0 heterocycles. The topological polar surface area (TPSA) is 23.8 Å². The van der Waals surface area contributed by atoms with Crippen molar-refractivity contribution < 1.29 is 35.8 Å². The Balaban J connectivity index is -0.0000000200. The van der Waals surface area contributed by atoms with E-state index < -0.39 is 0 Å². The fourth-order valence-electron chi connectivity index (χ4n) is 0. The predicted octanol–water partition coefficient (Wildman–Crippen LogP) is -5.46. The van der Waals surface area contributed by atoms with Gasteiger partial charge in [-0.15, -0.1) is 0 Å². The van der Waals surface area contributed by atoms with Crippen molar-refractivity contribution in [1.29, 1.82) is 5.26 Å². The van der Waals surface area contributed by atoms with Gasteiger partial charge in [0.25, 0.3) is 0 Å². The van der Waals surface area contributed by atoms with E-state index >= 15 is 0 Å². The summed E-state index contributed by atoms with van der Waals surface area (Å²) in [5, 5.41) is 7.32. The number of halogens is 1. The Labute approximate surface area is 54.3 Å². The normalized spacial score (nSPS) is 1.60. The molecule has 0 N–H and O–H groups in total. The third kappa shape index (κ3) is 93.5. The van der Waals surface area contributed by atoms with Crippen LogP contribution >= 0.6 is 0 Å². The zero-order valence-electron chi connectivity index (χ0n) is 3.33. The van der Waals surface area contributed by atoms with E-state index in [4.69, 9.17) is 5.26 Å². The number of rotatable bonds is 0. The fraction of sp³-hybridized carbons (Fsp3) is 0.500. The summed E-state index contributed by atoms with van der Waals surface area (Å²) in [6, 6.07) is 1.75. The van der Waals surface area contributed by atoms with Gasteiger partial charge >= 0.3 is 18.9 Å². The first-order chi connectivity index (χ1) is 1.41. The molecule has 0 rings (SSSR count). The molecule has 0 saturated heterocycles. The molecule has 0 aromatic rings. The summed E-state index contributed by atoms with van der Waals surface area (Å²) in [5.74, 6) is 0. The zero-order chi connectivity index (χ0) is 2.71. The summed E-state index contributed by atoms with van der Waals surface area (Å²) in [6.07, 6.45) is 0. The molecule has 0 radical (unpaired) electrons. The van der Waals surface area contributed by atoms with Gasteiger partial charge in [0.05, 0.1) is 6.07 Å². The van der Waals surface area contributed by atoms with Crippen LogP contribution in [-0.4, -0.2) is 0 Å². The van der Waals surface area contributed by atoms with Gasteiger partial charge in [-0.1, -0.05) is 0 Å². The molecule has 0 unspecified atom stereocenters. The van der Waals surface area contributed by atoms with Crippen LogP contribution in [0.4, 0.5) is 0 Å². The van der Waals surface area contributed by atoms with Gasteiger partial charge in [0.1, 0.15) is 0 Å². The van der Waals surface area contributed by atoms with Gasteiger partial charge < -0.3 is 17.0 Å². The monoisotopic (exact) mass is 127 g/mol. The van der Waals surface area contributed by atoms with E-state index in [-0.39, 0.29) is 35.8 Å². The van der Waals surface area contributed by atoms with Crippen molar-refractivity contribution in [2.24, 2.45) is 0 Å². The van der Waals surface area contributed by atoms with Crippen molar-refractivity contribution in [3.05, 3.63) is 0 Å². The maximum absolute atomic E-state index is 7.32. The van der Waals surface area contributed by atoms with Gasteiger partial charge in [-0.25, -0.2) is 0 Å². The van der Waals surface area contributed by atoms with E-state index in [0.717, 1.165) is 0 Å². The second-order valence-corrected chi connectivity index (χ2v) is 0.224. The molecule has 0 bridgehead atoms. The van der Waals surface area contributed by atoms with E-state index in [1.165, 1.54) is 6.92 Å². The number of hydrogen-bond donors (Lipinski definition) is 0. The Kier molecular flexibility index (Phi) is 83.4. The molecule has 0 saturated carbocycles. The molecule has 1 nitrogen and oxygen atoms in total.